The molecule has 0 N–H and O–H groups in total. The Morgan fingerprint density at radius 1 is 1.26 bits per heavy atom. The molecule has 0 amide bonds. The van der Waals surface area contributed by atoms with Crippen molar-refractivity contribution in [3.05, 3.63) is 41.3 Å². The van der Waals surface area contributed by atoms with Gasteiger partial charge in [0, 0.05) is 13.1 Å². The summed E-state index contributed by atoms with van der Waals surface area (Å²) in [6.45, 7) is 4.26. The minimum absolute atomic E-state index is 0.191. The maximum atomic E-state index is 12.8. The average molecular weight is 336 g/mol. The van der Waals surface area contributed by atoms with E-state index in [-0.39, 0.29) is 10.8 Å². The molecule has 23 heavy (non-hydrogen) atoms. The molecule has 7 heteroatoms. The van der Waals surface area contributed by atoms with Gasteiger partial charge in [0.1, 0.15) is 16.3 Å². The molecule has 6 nitrogen and oxygen atoms in total. The van der Waals surface area contributed by atoms with Gasteiger partial charge >= 0.3 is 0 Å². The number of aromatic nitrogens is 1. The second-order valence-electron chi connectivity index (χ2n) is 5.78. The fourth-order valence-corrected chi connectivity index (χ4v) is 4.86. The fourth-order valence-electron chi connectivity index (χ4n) is 3.07. The Hall–Kier alpha value is -1.86. The van der Waals surface area contributed by atoms with E-state index in [1.165, 1.54) is 4.31 Å². The molecular formula is C16H20N2O4S. The number of methoxy groups -OCH3 is 1. The molecule has 1 aromatic heterocycles. The van der Waals surface area contributed by atoms with E-state index < -0.39 is 10.0 Å². The third-order valence-corrected chi connectivity index (χ3v) is 6.41. The number of hydrogen-bond acceptors (Lipinski definition) is 5. The Morgan fingerprint density at radius 2 is 1.96 bits per heavy atom. The zero-order valence-electron chi connectivity index (χ0n) is 13.4. The van der Waals surface area contributed by atoms with Crippen LogP contribution in [0.4, 0.5) is 0 Å². The summed E-state index contributed by atoms with van der Waals surface area (Å²) < 4.78 is 37.3. The van der Waals surface area contributed by atoms with Crippen molar-refractivity contribution < 1.29 is 17.7 Å². The molecule has 1 saturated heterocycles. The molecule has 0 radical (unpaired) electrons. The highest BCUT2D eigenvalue weighted by atomic mass is 32.2. The van der Waals surface area contributed by atoms with Crippen molar-refractivity contribution in [2.24, 2.45) is 0 Å². The van der Waals surface area contributed by atoms with Crippen LogP contribution in [0.3, 0.4) is 0 Å². The predicted molar refractivity (Wildman–Crippen MR) is 85.1 cm³/mol. The molecule has 0 bridgehead atoms. The van der Waals surface area contributed by atoms with Gasteiger partial charge in [0.2, 0.25) is 10.0 Å². The zero-order chi connectivity index (χ0) is 16.6. The van der Waals surface area contributed by atoms with E-state index >= 15 is 0 Å². The van der Waals surface area contributed by atoms with Gasteiger partial charge in [-0.1, -0.05) is 17.3 Å². The zero-order valence-corrected chi connectivity index (χ0v) is 14.3. The molecule has 2 heterocycles. The Morgan fingerprint density at radius 3 is 2.52 bits per heavy atom. The van der Waals surface area contributed by atoms with Crippen LogP contribution in [0.1, 0.15) is 29.4 Å². The highest BCUT2D eigenvalue weighted by molar-refractivity contribution is 7.89. The molecular weight excluding hydrogens is 316 g/mol. The summed E-state index contributed by atoms with van der Waals surface area (Å²) >= 11 is 0. The van der Waals surface area contributed by atoms with Crippen molar-refractivity contribution in [1.29, 1.82) is 0 Å². The molecule has 3 rings (SSSR count). The fraction of sp³-hybridized carbons (Fsp3) is 0.438. The monoisotopic (exact) mass is 336 g/mol. The van der Waals surface area contributed by atoms with Gasteiger partial charge in [-0.05, 0) is 43.9 Å². The molecule has 0 aliphatic carbocycles. The minimum atomic E-state index is -3.56. The number of sulfonamides is 1. The second kappa shape index (κ2) is 5.98. The van der Waals surface area contributed by atoms with Gasteiger partial charge in [0.05, 0.1) is 7.11 Å². The maximum absolute atomic E-state index is 12.8. The summed E-state index contributed by atoms with van der Waals surface area (Å²) in [6, 6.07) is 7.80. The van der Waals surface area contributed by atoms with E-state index in [2.05, 4.69) is 5.16 Å². The van der Waals surface area contributed by atoms with Gasteiger partial charge in [-0.2, -0.15) is 4.31 Å². The van der Waals surface area contributed by atoms with Crippen LogP contribution in [-0.2, 0) is 10.0 Å². The molecule has 124 valence electrons. The quantitative estimate of drug-likeness (QED) is 0.857. The molecule has 1 fully saturated rings. The van der Waals surface area contributed by atoms with Crippen molar-refractivity contribution in [3.63, 3.8) is 0 Å². The summed E-state index contributed by atoms with van der Waals surface area (Å²) in [5, 5.41) is 3.76. The highest BCUT2D eigenvalue weighted by Crippen LogP contribution is 2.33. The molecule has 1 atom stereocenters. The first-order chi connectivity index (χ1) is 10.9. The number of benzene rings is 1. The lowest BCUT2D eigenvalue weighted by atomic mass is 9.99. The number of nitrogens with zero attached hydrogens (tertiary/aromatic N) is 2. The van der Waals surface area contributed by atoms with Crippen LogP contribution >= 0.6 is 0 Å². The Labute approximate surface area is 136 Å². The SMILES string of the molecule is COc1ccc([C@@H]2CCN(S(=O)(=O)c3c(C)noc3C)C2)cc1. The van der Waals surface area contributed by atoms with Crippen LogP contribution in [0.5, 0.6) is 5.75 Å². The number of rotatable bonds is 4. The molecule has 2 aromatic rings. The third kappa shape index (κ3) is 2.86. The van der Waals surface area contributed by atoms with Crippen molar-refractivity contribution in [2.75, 3.05) is 20.2 Å². The maximum Gasteiger partial charge on any atom is 0.248 e. The van der Waals surface area contributed by atoms with Crippen molar-refractivity contribution >= 4 is 10.0 Å². The first kappa shape index (κ1) is 16.0. The Kier molecular flexibility index (Phi) is 4.16. The van der Waals surface area contributed by atoms with Gasteiger partial charge in [0.15, 0.2) is 5.76 Å². The van der Waals surface area contributed by atoms with Gasteiger partial charge in [-0.3, -0.25) is 0 Å². The van der Waals surface area contributed by atoms with Crippen LogP contribution < -0.4 is 4.74 Å². The Balaban J connectivity index is 1.81. The molecule has 0 saturated carbocycles. The smallest absolute Gasteiger partial charge is 0.248 e. The van der Waals surface area contributed by atoms with Crippen LogP contribution in [0, 0.1) is 13.8 Å². The molecule has 0 unspecified atom stereocenters. The van der Waals surface area contributed by atoms with Gasteiger partial charge < -0.3 is 9.26 Å². The molecule has 0 spiro atoms. The van der Waals surface area contributed by atoms with E-state index in [0.717, 1.165) is 17.7 Å². The van der Waals surface area contributed by atoms with Gasteiger partial charge in [-0.25, -0.2) is 8.42 Å². The van der Waals surface area contributed by atoms with Crippen molar-refractivity contribution in [1.82, 2.24) is 9.46 Å². The first-order valence-corrected chi connectivity index (χ1v) is 8.94. The van der Waals surface area contributed by atoms with Crippen LogP contribution in [-0.4, -0.2) is 38.1 Å². The lowest BCUT2D eigenvalue weighted by Gasteiger charge is -2.16. The summed E-state index contributed by atoms with van der Waals surface area (Å²) in [5.74, 6) is 1.33. The first-order valence-electron chi connectivity index (χ1n) is 7.50. The van der Waals surface area contributed by atoms with Crippen LogP contribution in [0.25, 0.3) is 0 Å². The van der Waals surface area contributed by atoms with E-state index in [9.17, 15) is 8.42 Å². The van der Waals surface area contributed by atoms with E-state index in [0.29, 0.717) is 24.5 Å². The number of hydrogen-bond donors (Lipinski definition) is 0. The lowest BCUT2D eigenvalue weighted by molar-refractivity contribution is 0.389. The van der Waals surface area contributed by atoms with Crippen molar-refractivity contribution in [3.8, 4) is 5.75 Å². The Bertz CT molecular complexity index is 776. The standard InChI is InChI=1S/C16H20N2O4S/c1-11-16(12(2)22-17-11)23(19,20)18-9-8-14(10-18)13-4-6-15(21-3)7-5-13/h4-7,14H,8-10H2,1-3H3/t14-/m1/s1. The van der Waals surface area contributed by atoms with E-state index in [4.69, 9.17) is 9.26 Å². The normalized spacial score (nSPS) is 19.2. The molecule has 1 aromatic carbocycles. The molecule has 1 aliphatic rings. The van der Waals surface area contributed by atoms with Crippen LogP contribution in [0.2, 0.25) is 0 Å². The summed E-state index contributed by atoms with van der Waals surface area (Å²) in [6.07, 6.45) is 0.801. The summed E-state index contributed by atoms with van der Waals surface area (Å²) in [4.78, 5) is 0.202. The van der Waals surface area contributed by atoms with E-state index in [1.807, 2.05) is 24.3 Å². The van der Waals surface area contributed by atoms with E-state index in [1.54, 1.807) is 21.0 Å². The van der Waals surface area contributed by atoms with Gasteiger partial charge in [-0.15, -0.1) is 0 Å². The second-order valence-corrected chi connectivity index (χ2v) is 7.65. The minimum Gasteiger partial charge on any atom is -0.497 e. The predicted octanol–water partition coefficient (Wildman–Crippen LogP) is 2.48. The van der Waals surface area contributed by atoms with Crippen molar-refractivity contribution in [2.45, 2.75) is 31.1 Å². The lowest BCUT2D eigenvalue weighted by Crippen LogP contribution is -2.29. The topological polar surface area (TPSA) is 72.6 Å². The average Bonchev–Trinajstić information content (AvgIpc) is 3.15. The van der Waals surface area contributed by atoms with Gasteiger partial charge in [0.25, 0.3) is 0 Å². The number of aryl methyl sites for hydroxylation is 2. The highest BCUT2D eigenvalue weighted by Gasteiger charge is 2.36. The summed E-state index contributed by atoms with van der Waals surface area (Å²) in [7, 11) is -1.93. The molecule has 1 aliphatic heterocycles. The third-order valence-electron chi connectivity index (χ3n) is 4.30. The van der Waals surface area contributed by atoms with Crippen LogP contribution in [0.15, 0.2) is 33.7 Å². The summed E-state index contributed by atoms with van der Waals surface area (Å²) in [5.41, 5.74) is 1.54. The number of ether oxygens (including phenoxy) is 1. The largest absolute Gasteiger partial charge is 0.497 e.